The fourth-order valence-corrected chi connectivity index (χ4v) is 0.986. The number of rotatable bonds is 5. The highest BCUT2D eigenvalue weighted by atomic mass is 35.5. The number of aromatic nitrogens is 1. The molecule has 0 aliphatic heterocycles. The standard InChI is InChI=1S/C9H14N2O.2ClH/c12-8-7-11-6-3-9-1-4-10-5-2-9;;/h1-2,4-5,11-12H,3,6-8H2;2*1H. The van der Waals surface area contributed by atoms with Gasteiger partial charge in [0.2, 0.25) is 0 Å². The van der Waals surface area contributed by atoms with Crippen molar-refractivity contribution in [1.82, 2.24) is 10.3 Å². The molecule has 5 heteroatoms. The summed E-state index contributed by atoms with van der Waals surface area (Å²) in [6.07, 6.45) is 4.57. The van der Waals surface area contributed by atoms with Gasteiger partial charge in [-0.2, -0.15) is 0 Å². The zero-order valence-electron chi connectivity index (χ0n) is 7.85. The van der Waals surface area contributed by atoms with E-state index >= 15 is 0 Å². The summed E-state index contributed by atoms with van der Waals surface area (Å²) in [6.45, 7) is 1.78. The van der Waals surface area contributed by atoms with Gasteiger partial charge in [0.15, 0.2) is 0 Å². The molecule has 0 amide bonds. The van der Waals surface area contributed by atoms with E-state index in [9.17, 15) is 0 Å². The van der Waals surface area contributed by atoms with Crippen LogP contribution in [0.3, 0.4) is 0 Å². The minimum absolute atomic E-state index is 0. The molecule has 0 fully saturated rings. The molecule has 0 atom stereocenters. The van der Waals surface area contributed by atoms with Gasteiger partial charge in [-0.15, -0.1) is 24.8 Å². The Labute approximate surface area is 96.8 Å². The van der Waals surface area contributed by atoms with E-state index in [0.717, 1.165) is 13.0 Å². The third-order valence-corrected chi connectivity index (χ3v) is 1.63. The highest BCUT2D eigenvalue weighted by Gasteiger charge is 1.90. The molecule has 3 nitrogen and oxygen atoms in total. The Morgan fingerprint density at radius 3 is 2.36 bits per heavy atom. The molecule has 2 N–H and O–H groups in total. The molecule has 82 valence electrons. The monoisotopic (exact) mass is 238 g/mol. The zero-order chi connectivity index (χ0) is 8.65. The lowest BCUT2D eigenvalue weighted by Crippen LogP contribution is -2.20. The van der Waals surface area contributed by atoms with Gasteiger partial charge in [-0.05, 0) is 30.7 Å². The molecule has 1 aromatic rings. The van der Waals surface area contributed by atoms with E-state index in [4.69, 9.17) is 5.11 Å². The number of hydrogen-bond donors (Lipinski definition) is 2. The van der Waals surface area contributed by atoms with Crippen LogP contribution in [0.15, 0.2) is 24.5 Å². The Balaban J connectivity index is 0. The van der Waals surface area contributed by atoms with Gasteiger partial charge < -0.3 is 10.4 Å². The Morgan fingerprint density at radius 1 is 1.14 bits per heavy atom. The van der Waals surface area contributed by atoms with Gasteiger partial charge in [-0.1, -0.05) is 0 Å². The second kappa shape index (κ2) is 10.7. The summed E-state index contributed by atoms with van der Waals surface area (Å²) in [5.41, 5.74) is 1.27. The lowest BCUT2D eigenvalue weighted by Gasteiger charge is -2.01. The summed E-state index contributed by atoms with van der Waals surface area (Å²) >= 11 is 0. The Bertz CT molecular complexity index is 209. The highest BCUT2D eigenvalue weighted by molar-refractivity contribution is 5.85. The van der Waals surface area contributed by atoms with Crippen LogP contribution < -0.4 is 5.32 Å². The first-order valence-corrected chi connectivity index (χ1v) is 4.14. The molecule has 14 heavy (non-hydrogen) atoms. The molecule has 0 aliphatic rings. The topological polar surface area (TPSA) is 45.1 Å². The van der Waals surface area contributed by atoms with Crippen molar-refractivity contribution in [3.63, 3.8) is 0 Å². The first kappa shape index (κ1) is 16.1. The van der Waals surface area contributed by atoms with Crippen LogP contribution in [0.2, 0.25) is 0 Å². The first-order valence-electron chi connectivity index (χ1n) is 4.14. The van der Waals surface area contributed by atoms with Crippen molar-refractivity contribution in [1.29, 1.82) is 0 Å². The molecule has 1 aromatic heterocycles. The van der Waals surface area contributed by atoms with Crippen LogP contribution in [0, 0.1) is 0 Å². The van der Waals surface area contributed by atoms with E-state index in [1.165, 1.54) is 5.56 Å². The van der Waals surface area contributed by atoms with Gasteiger partial charge in [0.25, 0.3) is 0 Å². The summed E-state index contributed by atoms with van der Waals surface area (Å²) in [5, 5.41) is 11.6. The quantitative estimate of drug-likeness (QED) is 0.755. The van der Waals surface area contributed by atoms with Gasteiger partial charge >= 0.3 is 0 Å². The van der Waals surface area contributed by atoms with E-state index < -0.39 is 0 Å². The van der Waals surface area contributed by atoms with Crippen LogP contribution in [-0.2, 0) is 6.42 Å². The summed E-state index contributed by atoms with van der Waals surface area (Å²) in [7, 11) is 0. The third-order valence-electron chi connectivity index (χ3n) is 1.63. The maximum Gasteiger partial charge on any atom is 0.0555 e. The number of nitrogens with zero attached hydrogens (tertiary/aromatic N) is 1. The number of hydrogen-bond acceptors (Lipinski definition) is 3. The van der Waals surface area contributed by atoms with Crippen LogP contribution in [0.1, 0.15) is 5.56 Å². The predicted octanol–water partition coefficient (Wildman–Crippen LogP) is 1.05. The highest BCUT2D eigenvalue weighted by Crippen LogP contribution is 1.95. The van der Waals surface area contributed by atoms with Gasteiger partial charge in [0.1, 0.15) is 0 Å². The van der Waals surface area contributed by atoms with Crippen LogP contribution >= 0.6 is 24.8 Å². The van der Waals surface area contributed by atoms with E-state index in [0.29, 0.717) is 6.54 Å². The van der Waals surface area contributed by atoms with Crippen molar-refractivity contribution in [2.45, 2.75) is 6.42 Å². The molecule has 0 unspecified atom stereocenters. The van der Waals surface area contributed by atoms with Crippen molar-refractivity contribution in [3.8, 4) is 0 Å². The predicted molar refractivity (Wildman–Crippen MR) is 62.4 cm³/mol. The number of halogens is 2. The SMILES string of the molecule is Cl.Cl.OCCNCCc1ccncc1. The molecule has 0 spiro atoms. The third kappa shape index (κ3) is 7.09. The molecule has 0 radical (unpaired) electrons. The molecule has 0 bridgehead atoms. The summed E-state index contributed by atoms with van der Waals surface area (Å²) in [4.78, 5) is 3.93. The fraction of sp³-hybridized carbons (Fsp3) is 0.444. The number of pyridine rings is 1. The number of nitrogens with one attached hydrogen (secondary N) is 1. The van der Waals surface area contributed by atoms with Crippen LogP contribution in [0.25, 0.3) is 0 Å². The van der Waals surface area contributed by atoms with Gasteiger partial charge in [0.05, 0.1) is 6.61 Å². The van der Waals surface area contributed by atoms with Crippen molar-refractivity contribution in [3.05, 3.63) is 30.1 Å². The van der Waals surface area contributed by atoms with Crippen molar-refractivity contribution < 1.29 is 5.11 Å². The fourth-order valence-electron chi connectivity index (χ4n) is 0.986. The Kier molecular flexibility index (Phi) is 12.3. The van der Waals surface area contributed by atoms with Crippen molar-refractivity contribution >= 4 is 24.8 Å². The van der Waals surface area contributed by atoms with Crippen LogP contribution in [-0.4, -0.2) is 29.8 Å². The van der Waals surface area contributed by atoms with Crippen molar-refractivity contribution in [2.24, 2.45) is 0 Å². The maximum absolute atomic E-state index is 8.49. The number of aliphatic hydroxyl groups excluding tert-OH is 1. The lowest BCUT2D eigenvalue weighted by atomic mass is 10.2. The van der Waals surface area contributed by atoms with E-state index in [1.807, 2.05) is 12.1 Å². The van der Waals surface area contributed by atoms with Gasteiger partial charge in [-0.3, -0.25) is 4.98 Å². The number of aliphatic hydroxyl groups is 1. The van der Waals surface area contributed by atoms with Crippen LogP contribution in [0.5, 0.6) is 0 Å². The Hall–Kier alpha value is -0.350. The molecule has 1 rings (SSSR count). The van der Waals surface area contributed by atoms with E-state index in [1.54, 1.807) is 12.4 Å². The first-order chi connectivity index (χ1) is 5.93. The average molecular weight is 239 g/mol. The minimum Gasteiger partial charge on any atom is -0.395 e. The van der Waals surface area contributed by atoms with Crippen LogP contribution in [0.4, 0.5) is 0 Å². The zero-order valence-corrected chi connectivity index (χ0v) is 9.48. The summed E-state index contributed by atoms with van der Waals surface area (Å²) < 4.78 is 0. The molecule has 0 aliphatic carbocycles. The largest absolute Gasteiger partial charge is 0.395 e. The second-order valence-electron chi connectivity index (χ2n) is 2.58. The molecular formula is C9H16Cl2N2O. The molecule has 0 saturated heterocycles. The minimum atomic E-state index is 0. The van der Waals surface area contributed by atoms with E-state index in [-0.39, 0.29) is 31.4 Å². The smallest absolute Gasteiger partial charge is 0.0555 e. The normalized spacial score (nSPS) is 8.64. The van der Waals surface area contributed by atoms with Crippen molar-refractivity contribution in [2.75, 3.05) is 19.7 Å². The van der Waals surface area contributed by atoms with E-state index in [2.05, 4.69) is 10.3 Å². The summed E-state index contributed by atoms with van der Waals surface area (Å²) in [5.74, 6) is 0. The maximum atomic E-state index is 8.49. The Morgan fingerprint density at radius 2 is 1.79 bits per heavy atom. The molecular weight excluding hydrogens is 223 g/mol. The van der Waals surface area contributed by atoms with Gasteiger partial charge in [-0.25, -0.2) is 0 Å². The second-order valence-corrected chi connectivity index (χ2v) is 2.58. The summed E-state index contributed by atoms with van der Waals surface area (Å²) in [6, 6.07) is 4.00. The average Bonchev–Trinajstić information content (AvgIpc) is 2.14. The lowest BCUT2D eigenvalue weighted by molar-refractivity contribution is 0.293. The molecule has 1 heterocycles. The molecule has 0 saturated carbocycles. The molecule has 0 aromatic carbocycles. The van der Waals surface area contributed by atoms with Gasteiger partial charge in [0, 0.05) is 18.9 Å².